The fraction of sp³-hybridized carbons (Fsp3) is 0.458. The molecule has 0 aromatic heterocycles. The van der Waals surface area contributed by atoms with E-state index < -0.39 is 0 Å². The van der Waals surface area contributed by atoms with Crippen LogP contribution in [0.4, 0.5) is 0 Å². The lowest BCUT2D eigenvalue weighted by molar-refractivity contribution is 0.246. The van der Waals surface area contributed by atoms with Gasteiger partial charge in [-0.1, -0.05) is 35.9 Å². The minimum Gasteiger partial charge on any atom is -0.411 e. The maximum absolute atomic E-state index is 9.16. The summed E-state index contributed by atoms with van der Waals surface area (Å²) in [7, 11) is 0. The van der Waals surface area contributed by atoms with Crippen molar-refractivity contribution in [1.29, 1.82) is 0 Å². The second-order valence-corrected chi connectivity index (χ2v) is 8.80. The lowest BCUT2D eigenvalue weighted by atomic mass is 9.61. The lowest BCUT2D eigenvalue weighted by Gasteiger charge is -2.43. The number of benzene rings is 1. The first-order valence-electron chi connectivity index (χ1n) is 10.3. The number of nitrogens with one attached hydrogen (secondary N) is 1. The molecule has 3 atom stereocenters. The number of fused-ring (bicyclic) bond motifs is 1. The molecule has 3 unspecified atom stereocenters. The summed E-state index contributed by atoms with van der Waals surface area (Å²) in [6.45, 7) is 5.34. The van der Waals surface area contributed by atoms with Gasteiger partial charge in [0.05, 0.1) is 5.71 Å². The van der Waals surface area contributed by atoms with Gasteiger partial charge in [0, 0.05) is 18.2 Å². The van der Waals surface area contributed by atoms with Gasteiger partial charge < -0.3 is 10.5 Å². The molecule has 0 bridgehead atoms. The van der Waals surface area contributed by atoms with E-state index in [1.54, 1.807) is 11.1 Å². The molecule has 1 spiro atoms. The SMILES string of the molecule is CC(=NO)c1cccc(C2=CC3=C4CCCC(C)C4CCC34CNC=C24)c1. The Morgan fingerprint density at radius 3 is 3.04 bits per heavy atom. The normalized spacial score (nSPS) is 32.3. The van der Waals surface area contributed by atoms with Crippen molar-refractivity contribution in [3.8, 4) is 0 Å². The highest BCUT2D eigenvalue weighted by atomic mass is 16.4. The standard InChI is InChI=1S/C24H28N2O/c1-15-5-3-8-20-19(15)9-10-24-14-25-13-23(24)21(12-22(20)24)18-7-4-6-17(11-18)16(2)26-27/h4,6-7,11-13,15,19,25,27H,3,5,8-10,14H2,1-2H3. The summed E-state index contributed by atoms with van der Waals surface area (Å²) in [6.07, 6.45) is 11.3. The molecular weight excluding hydrogens is 332 g/mol. The maximum Gasteiger partial charge on any atom is 0.0837 e. The van der Waals surface area contributed by atoms with Gasteiger partial charge in [-0.25, -0.2) is 0 Å². The Balaban J connectivity index is 1.65. The summed E-state index contributed by atoms with van der Waals surface area (Å²) in [4.78, 5) is 0. The molecule has 1 aromatic carbocycles. The van der Waals surface area contributed by atoms with E-state index in [0.29, 0.717) is 5.71 Å². The smallest absolute Gasteiger partial charge is 0.0837 e. The summed E-state index contributed by atoms with van der Waals surface area (Å²) in [5.74, 6) is 1.61. The second-order valence-electron chi connectivity index (χ2n) is 8.80. The predicted molar refractivity (Wildman–Crippen MR) is 110 cm³/mol. The zero-order valence-electron chi connectivity index (χ0n) is 16.3. The van der Waals surface area contributed by atoms with Crippen molar-refractivity contribution in [2.24, 2.45) is 22.4 Å². The van der Waals surface area contributed by atoms with Gasteiger partial charge in [-0.05, 0) is 90.9 Å². The molecule has 5 rings (SSSR count). The Morgan fingerprint density at radius 2 is 2.19 bits per heavy atom. The molecule has 4 aliphatic rings. The first-order chi connectivity index (χ1) is 13.1. The fourth-order valence-electron chi connectivity index (χ4n) is 6.00. The van der Waals surface area contributed by atoms with Crippen molar-refractivity contribution in [3.05, 3.63) is 64.4 Å². The highest BCUT2D eigenvalue weighted by Gasteiger charge is 2.51. The van der Waals surface area contributed by atoms with Gasteiger partial charge in [0.2, 0.25) is 0 Å². The van der Waals surface area contributed by atoms with Crippen molar-refractivity contribution in [1.82, 2.24) is 5.32 Å². The van der Waals surface area contributed by atoms with Gasteiger partial charge in [0.1, 0.15) is 0 Å². The van der Waals surface area contributed by atoms with Crippen LogP contribution in [0.15, 0.2) is 58.4 Å². The highest BCUT2D eigenvalue weighted by Crippen LogP contribution is 2.61. The van der Waals surface area contributed by atoms with E-state index in [0.717, 1.165) is 23.9 Å². The Bertz CT molecular complexity index is 920. The first kappa shape index (κ1) is 16.9. The van der Waals surface area contributed by atoms with E-state index in [2.05, 4.69) is 47.9 Å². The Kier molecular flexibility index (Phi) is 3.82. The summed E-state index contributed by atoms with van der Waals surface area (Å²) >= 11 is 0. The van der Waals surface area contributed by atoms with Crippen molar-refractivity contribution >= 4 is 11.3 Å². The zero-order chi connectivity index (χ0) is 18.6. The Hall–Kier alpha value is -2.29. The molecule has 1 fully saturated rings. The third-order valence-corrected chi connectivity index (χ3v) is 7.47. The van der Waals surface area contributed by atoms with Crippen LogP contribution >= 0.6 is 0 Å². The van der Waals surface area contributed by atoms with E-state index in [4.69, 9.17) is 5.21 Å². The van der Waals surface area contributed by atoms with Crippen molar-refractivity contribution < 1.29 is 5.21 Å². The van der Waals surface area contributed by atoms with Gasteiger partial charge in [0.25, 0.3) is 0 Å². The van der Waals surface area contributed by atoms with E-state index >= 15 is 0 Å². The number of allylic oxidation sites excluding steroid dienone is 3. The van der Waals surface area contributed by atoms with Crippen LogP contribution in [-0.2, 0) is 0 Å². The van der Waals surface area contributed by atoms with Gasteiger partial charge in [0.15, 0.2) is 0 Å². The number of hydrogen-bond acceptors (Lipinski definition) is 3. The quantitative estimate of drug-likeness (QED) is 0.428. The monoisotopic (exact) mass is 360 g/mol. The molecule has 1 saturated carbocycles. The summed E-state index contributed by atoms with van der Waals surface area (Å²) in [5.41, 5.74) is 9.24. The zero-order valence-corrected chi connectivity index (χ0v) is 16.3. The van der Waals surface area contributed by atoms with Crippen LogP contribution in [0.2, 0.25) is 0 Å². The largest absolute Gasteiger partial charge is 0.411 e. The average Bonchev–Trinajstić information content (AvgIpc) is 3.24. The minimum absolute atomic E-state index is 0.189. The third kappa shape index (κ3) is 2.37. The molecular formula is C24H28N2O. The van der Waals surface area contributed by atoms with E-state index in [9.17, 15) is 0 Å². The second kappa shape index (κ2) is 6.12. The number of hydrogen-bond donors (Lipinski definition) is 2. The van der Waals surface area contributed by atoms with Crippen LogP contribution in [0.3, 0.4) is 0 Å². The Labute approximate surface area is 161 Å². The molecule has 27 heavy (non-hydrogen) atoms. The number of rotatable bonds is 2. The predicted octanol–water partition coefficient (Wildman–Crippen LogP) is 5.28. The van der Waals surface area contributed by atoms with Crippen molar-refractivity contribution in [3.63, 3.8) is 0 Å². The van der Waals surface area contributed by atoms with E-state index in [1.807, 2.05) is 13.0 Å². The minimum atomic E-state index is 0.189. The third-order valence-electron chi connectivity index (χ3n) is 7.47. The van der Waals surface area contributed by atoms with Crippen LogP contribution in [-0.4, -0.2) is 17.5 Å². The molecule has 3 aliphatic carbocycles. The molecule has 1 aromatic rings. The van der Waals surface area contributed by atoms with Crippen molar-refractivity contribution in [2.75, 3.05) is 6.54 Å². The molecule has 2 N–H and O–H groups in total. The Morgan fingerprint density at radius 1 is 1.30 bits per heavy atom. The highest BCUT2D eigenvalue weighted by molar-refractivity contribution is 6.00. The van der Waals surface area contributed by atoms with Crippen LogP contribution in [0.1, 0.15) is 57.1 Å². The summed E-state index contributed by atoms with van der Waals surface area (Å²) < 4.78 is 0. The topological polar surface area (TPSA) is 44.6 Å². The molecule has 3 heteroatoms. The van der Waals surface area contributed by atoms with Crippen LogP contribution < -0.4 is 5.32 Å². The van der Waals surface area contributed by atoms with Gasteiger partial charge in [-0.2, -0.15) is 0 Å². The van der Waals surface area contributed by atoms with Crippen molar-refractivity contribution in [2.45, 2.75) is 46.0 Å². The number of nitrogens with zero attached hydrogens (tertiary/aromatic N) is 1. The molecule has 0 amide bonds. The maximum atomic E-state index is 9.16. The molecule has 1 heterocycles. The summed E-state index contributed by atoms with van der Waals surface area (Å²) in [6, 6.07) is 8.44. The number of oxime groups is 1. The average molecular weight is 361 g/mol. The van der Waals surface area contributed by atoms with Crippen LogP contribution in [0, 0.1) is 17.3 Å². The lowest BCUT2D eigenvalue weighted by Crippen LogP contribution is -2.36. The summed E-state index contributed by atoms with van der Waals surface area (Å²) in [5, 5.41) is 16.1. The van der Waals surface area contributed by atoms with Crippen LogP contribution in [0.5, 0.6) is 0 Å². The molecule has 3 nitrogen and oxygen atoms in total. The van der Waals surface area contributed by atoms with E-state index in [-0.39, 0.29) is 5.41 Å². The molecule has 0 radical (unpaired) electrons. The van der Waals surface area contributed by atoms with Gasteiger partial charge >= 0.3 is 0 Å². The molecule has 0 saturated heterocycles. The molecule has 140 valence electrons. The fourth-order valence-corrected chi connectivity index (χ4v) is 6.00. The first-order valence-corrected chi connectivity index (χ1v) is 10.3. The van der Waals surface area contributed by atoms with E-state index in [1.165, 1.54) is 48.8 Å². The van der Waals surface area contributed by atoms with Crippen LogP contribution in [0.25, 0.3) is 5.57 Å². The van der Waals surface area contributed by atoms with Gasteiger partial charge in [-0.15, -0.1) is 0 Å². The molecule has 1 aliphatic heterocycles. The van der Waals surface area contributed by atoms with Gasteiger partial charge in [-0.3, -0.25) is 0 Å².